The van der Waals surface area contributed by atoms with Crippen LogP contribution in [0.2, 0.25) is 0 Å². The highest BCUT2D eigenvalue weighted by molar-refractivity contribution is 9.10. The molecule has 0 radical (unpaired) electrons. The van der Waals surface area contributed by atoms with Crippen molar-refractivity contribution in [3.63, 3.8) is 0 Å². The fourth-order valence-corrected chi connectivity index (χ4v) is 2.35. The van der Waals surface area contributed by atoms with E-state index in [9.17, 15) is 4.39 Å². The molecule has 0 aromatic heterocycles. The Labute approximate surface area is 127 Å². The highest BCUT2D eigenvalue weighted by Crippen LogP contribution is 2.32. The number of ether oxygens (including phenoxy) is 1. The number of nitrogens with zero attached hydrogens (tertiary/aromatic N) is 1. The van der Waals surface area contributed by atoms with Crippen LogP contribution in [-0.2, 0) is 5.33 Å². The third kappa shape index (κ3) is 3.14. The van der Waals surface area contributed by atoms with Crippen molar-refractivity contribution < 1.29 is 9.13 Å². The molecule has 0 heterocycles. The largest absolute Gasteiger partial charge is 0.456 e. The van der Waals surface area contributed by atoms with E-state index in [1.807, 2.05) is 18.2 Å². The molecule has 0 saturated heterocycles. The first-order valence-electron chi connectivity index (χ1n) is 5.36. The molecule has 5 heteroatoms. The minimum atomic E-state index is -0.588. The second kappa shape index (κ2) is 6.18. The van der Waals surface area contributed by atoms with Crippen molar-refractivity contribution in [1.29, 1.82) is 5.26 Å². The first-order chi connectivity index (χ1) is 9.15. The van der Waals surface area contributed by atoms with Gasteiger partial charge in [-0.1, -0.05) is 44.0 Å². The van der Waals surface area contributed by atoms with Gasteiger partial charge in [0.25, 0.3) is 0 Å². The van der Waals surface area contributed by atoms with Gasteiger partial charge in [0.1, 0.15) is 28.9 Å². The smallest absolute Gasteiger partial charge is 0.148 e. The number of benzene rings is 2. The summed E-state index contributed by atoms with van der Waals surface area (Å²) in [4.78, 5) is 0. The second-order valence-corrected chi connectivity index (χ2v) is 5.19. The van der Waals surface area contributed by atoms with E-state index >= 15 is 0 Å². The van der Waals surface area contributed by atoms with Crippen molar-refractivity contribution in [1.82, 2.24) is 0 Å². The number of halogens is 3. The van der Waals surface area contributed by atoms with Crippen LogP contribution in [0, 0.1) is 17.1 Å². The van der Waals surface area contributed by atoms with Gasteiger partial charge in [0.05, 0.1) is 0 Å². The lowest BCUT2D eigenvalue weighted by atomic mass is 10.2. The standard InChI is InChI=1S/C14H8Br2FNO/c15-7-9-4-5-10(16)6-14(9)19-13-3-1-2-12(17)11(13)8-18/h1-6H,7H2. The van der Waals surface area contributed by atoms with Crippen LogP contribution in [0.3, 0.4) is 0 Å². The molecule has 0 atom stereocenters. The Hall–Kier alpha value is -1.38. The molecule has 19 heavy (non-hydrogen) atoms. The van der Waals surface area contributed by atoms with Crippen molar-refractivity contribution in [3.8, 4) is 17.6 Å². The monoisotopic (exact) mass is 383 g/mol. The molecule has 0 spiro atoms. The Kier molecular flexibility index (Phi) is 4.56. The Bertz CT molecular complexity index is 652. The fraction of sp³-hybridized carbons (Fsp3) is 0.0714. The van der Waals surface area contributed by atoms with Gasteiger partial charge in [-0.25, -0.2) is 4.39 Å². The van der Waals surface area contributed by atoms with Gasteiger partial charge in [0.15, 0.2) is 0 Å². The minimum absolute atomic E-state index is 0.0944. The first-order valence-corrected chi connectivity index (χ1v) is 7.28. The van der Waals surface area contributed by atoms with Crippen LogP contribution in [-0.4, -0.2) is 0 Å². The van der Waals surface area contributed by atoms with Crippen LogP contribution in [0.5, 0.6) is 11.5 Å². The number of hydrogen-bond acceptors (Lipinski definition) is 2. The van der Waals surface area contributed by atoms with E-state index < -0.39 is 5.82 Å². The molecular weight excluding hydrogens is 377 g/mol. The van der Waals surface area contributed by atoms with Gasteiger partial charge in [0, 0.05) is 15.4 Å². The summed E-state index contributed by atoms with van der Waals surface area (Å²) >= 11 is 6.72. The summed E-state index contributed by atoms with van der Waals surface area (Å²) in [6.07, 6.45) is 0. The van der Waals surface area contributed by atoms with E-state index in [4.69, 9.17) is 10.00 Å². The lowest BCUT2D eigenvalue weighted by Crippen LogP contribution is -1.94. The summed E-state index contributed by atoms with van der Waals surface area (Å²) in [6, 6.07) is 11.7. The fourth-order valence-electron chi connectivity index (χ4n) is 1.55. The lowest BCUT2D eigenvalue weighted by molar-refractivity contribution is 0.470. The van der Waals surface area contributed by atoms with Crippen molar-refractivity contribution >= 4 is 31.9 Å². The Morgan fingerprint density at radius 1 is 1.21 bits per heavy atom. The van der Waals surface area contributed by atoms with E-state index in [-0.39, 0.29) is 11.3 Å². The van der Waals surface area contributed by atoms with Gasteiger partial charge in [-0.15, -0.1) is 0 Å². The summed E-state index contributed by atoms with van der Waals surface area (Å²) in [7, 11) is 0. The molecule has 0 amide bonds. The van der Waals surface area contributed by atoms with Gasteiger partial charge >= 0.3 is 0 Å². The summed E-state index contributed by atoms with van der Waals surface area (Å²) in [5, 5.41) is 9.57. The molecule has 0 aliphatic heterocycles. The Morgan fingerprint density at radius 3 is 2.68 bits per heavy atom. The van der Waals surface area contributed by atoms with Crippen LogP contribution >= 0.6 is 31.9 Å². The molecule has 2 aromatic carbocycles. The summed E-state index contributed by atoms with van der Waals surface area (Å²) in [6.45, 7) is 0. The summed E-state index contributed by atoms with van der Waals surface area (Å²) < 4.78 is 20.0. The highest BCUT2D eigenvalue weighted by Gasteiger charge is 2.12. The van der Waals surface area contributed by atoms with Gasteiger partial charge in [-0.05, 0) is 24.3 Å². The quantitative estimate of drug-likeness (QED) is 0.685. The summed E-state index contributed by atoms with van der Waals surface area (Å²) in [5.41, 5.74) is 0.819. The average Bonchev–Trinajstić information content (AvgIpc) is 2.39. The maximum absolute atomic E-state index is 13.5. The molecule has 0 unspecified atom stereocenters. The van der Waals surface area contributed by atoms with Crippen molar-refractivity contribution in [3.05, 3.63) is 57.8 Å². The Balaban J connectivity index is 2.45. The second-order valence-electron chi connectivity index (χ2n) is 3.71. The molecular formula is C14H8Br2FNO. The van der Waals surface area contributed by atoms with Crippen molar-refractivity contribution in [2.24, 2.45) is 0 Å². The summed E-state index contributed by atoms with van der Waals surface area (Å²) in [5.74, 6) is 0.200. The Morgan fingerprint density at radius 2 is 2.00 bits per heavy atom. The molecule has 0 saturated carbocycles. The van der Waals surface area contributed by atoms with E-state index in [1.165, 1.54) is 12.1 Å². The van der Waals surface area contributed by atoms with Crippen LogP contribution in [0.25, 0.3) is 0 Å². The molecule has 0 aliphatic carbocycles. The number of nitriles is 1. The van der Waals surface area contributed by atoms with Crippen molar-refractivity contribution in [2.45, 2.75) is 5.33 Å². The molecule has 0 bridgehead atoms. The molecule has 0 fully saturated rings. The van der Waals surface area contributed by atoms with E-state index in [1.54, 1.807) is 12.1 Å². The van der Waals surface area contributed by atoms with E-state index in [0.29, 0.717) is 11.1 Å². The van der Waals surface area contributed by atoms with Gasteiger partial charge < -0.3 is 4.74 Å². The van der Waals surface area contributed by atoms with Gasteiger partial charge in [-0.2, -0.15) is 5.26 Å². The van der Waals surface area contributed by atoms with Crippen LogP contribution in [0.1, 0.15) is 11.1 Å². The molecule has 2 rings (SSSR count). The number of hydrogen-bond donors (Lipinski definition) is 0. The maximum atomic E-state index is 13.5. The predicted molar refractivity (Wildman–Crippen MR) is 78.0 cm³/mol. The minimum Gasteiger partial charge on any atom is -0.456 e. The predicted octanol–water partition coefficient (Wildman–Crippen LogP) is 5.15. The molecule has 0 N–H and O–H groups in total. The number of rotatable bonds is 3. The van der Waals surface area contributed by atoms with Crippen LogP contribution < -0.4 is 4.74 Å². The highest BCUT2D eigenvalue weighted by atomic mass is 79.9. The molecule has 0 aliphatic rings. The normalized spacial score (nSPS) is 10.0. The zero-order valence-corrected chi connectivity index (χ0v) is 12.8. The SMILES string of the molecule is N#Cc1c(F)cccc1Oc1cc(Br)ccc1CBr. The third-order valence-corrected chi connectivity index (χ3v) is 3.58. The third-order valence-electron chi connectivity index (χ3n) is 2.48. The topological polar surface area (TPSA) is 33.0 Å². The van der Waals surface area contributed by atoms with Crippen LogP contribution in [0.4, 0.5) is 4.39 Å². The van der Waals surface area contributed by atoms with Gasteiger partial charge in [0.2, 0.25) is 0 Å². The molecule has 2 nitrogen and oxygen atoms in total. The van der Waals surface area contributed by atoms with Crippen molar-refractivity contribution in [2.75, 3.05) is 0 Å². The zero-order chi connectivity index (χ0) is 13.8. The van der Waals surface area contributed by atoms with E-state index in [0.717, 1.165) is 10.0 Å². The lowest BCUT2D eigenvalue weighted by Gasteiger charge is -2.11. The maximum Gasteiger partial charge on any atom is 0.148 e. The zero-order valence-electron chi connectivity index (χ0n) is 9.66. The number of alkyl halides is 1. The van der Waals surface area contributed by atoms with Gasteiger partial charge in [-0.3, -0.25) is 0 Å². The first kappa shape index (κ1) is 14.0. The molecule has 2 aromatic rings. The van der Waals surface area contributed by atoms with E-state index in [2.05, 4.69) is 31.9 Å². The molecule has 96 valence electrons. The van der Waals surface area contributed by atoms with Crippen LogP contribution in [0.15, 0.2) is 40.9 Å². The average molecular weight is 385 g/mol.